The quantitative estimate of drug-likeness (QED) is 0.694. The fourth-order valence-corrected chi connectivity index (χ4v) is 1.69. The summed E-state index contributed by atoms with van der Waals surface area (Å²) in [6.07, 6.45) is -5.12. The second kappa shape index (κ2) is 6.12. The van der Waals surface area contributed by atoms with Crippen LogP contribution in [0.2, 0.25) is 0 Å². The molecule has 3 atom stereocenters. The number of carbonyl (C=O) groups excluding carboxylic acids is 1. The molecule has 3 unspecified atom stereocenters. The van der Waals surface area contributed by atoms with Crippen molar-refractivity contribution >= 4 is 12.0 Å². The predicted octanol–water partition coefficient (Wildman–Crippen LogP) is 1.74. The Morgan fingerprint density at radius 3 is 2.42 bits per heavy atom. The highest BCUT2D eigenvalue weighted by Crippen LogP contribution is 2.31. The molecule has 0 aromatic rings. The number of carboxylic acids is 1. The maximum Gasteiger partial charge on any atom is 0.392 e. The lowest BCUT2D eigenvalue weighted by atomic mass is 10.0. The summed E-state index contributed by atoms with van der Waals surface area (Å²) in [7, 11) is 0. The van der Waals surface area contributed by atoms with E-state index in [4.69, 9.17) is 5.11 Å². The van der Waals surface area contributed by atoms with Gasteiger partial charge in [0.15, 0.2) is 0 Å². The summed E-state index contributed by atoms with van der Waals surface area (Å²) in [6, 6.07) is -0.414. The maximum atomic E-state index is 12.5. The van der Waals surface area contributed by atoms with Crippen LogP contribution >= 0.6 is 0 Å². The molecule has 110 valence electrons. The summed E-state index contributed by atoms with van der Waals surface area (Å²) in [4.78, 5) is 21.6. The number of alkyl halides is 3. The highest BCUT2D eigenvalue weighted by molar-refractivity contribution is 5.74. The number of carbonyl (C=O) groups is 2. The predicted molar refractivity (Wildman–Crippen MR) is 60.5 cm³/mol. The van der Waals surface area contributed by atoms with Gasteiger partial charge < -0.3 is 15.7 Å². The van der Waals surface area contributed by atoms with E-state index in [1.54, 1.807) is 0 Å². The van der Waals surface area contributed by atoms with Crippen LogP contribution in [0.5, 0.6) is 0 Å². The molecule has 0 saturated heterocycles. The minimum atomic E-state index is -4.57. The largest absolute Gasteiger partial charge is 0.481 e. The Morgan fingerprint density at radius 1 is 1.42 bits per heavy atom. The van der Waals surface area contributed by atoms with Gasteiger partial charge >= 0.3 is 18.2 Å². The number of halogens is 3. The van der Waals surface area contributed by atoms with Crippen molar-refractivity contribution in [2.75, 3.05) is 6.54 Å². The second-order valence-corrected chi connectivity index (χ2v) is 4.84. The van der Waals surface area contributed by atoms with Crippen LogP contribution in [-0.2, 0) is 4.79 Å². The van der Waals surface area contributed by atoms with E-state index in [1.807, 2.05) is 6.92 Å². The number of amides is 2. The molecule has 1 aliphatic carbocycles. The van der Waals surface area contributed by atoms with E-state index in [2.05, 4.69) is 10.6 Å². The van der Waals surface area contributed by atoms with Crippen LogP contribution in [0.4, 0.5) is 18.0 Å². The first-order valence-electron chi connectivity index (χ1n) is 6.03. The van der Waals surface area contributed by atoms with E-state index in [9.17, 15) is 22.8 Å². The van der Waals surface area contributed by atoms with Crippen molar-refractivity contribution < 1.29 is 27.9 Å². The molecule has 0 aliphatic heterocycles. The Kier molecular flexibility index (Phi) is 5.02. The van der Waals surface area contributed by atoms with Crippen molar-refractivity contribution in [3.05, 3.63) is 0 Å². The molecule has 8 heteroatoms. The van der Waals surface area contributed by atoms with E-state index in [1.165, 1.54) is 0 Å². The number of nitrogens with one attached hydrogen (secondary N) is 2. The molecule has 19 heavy (non-hydrogen) atoms. The molecule has 1 saturated carbocycles. The molecule has 0 aromatic heterocycles. The van der Waals surface area contributed by atoms with E-state index in [0.717, 1.165) is 6.42 Å². The van der Waals surface area contributed by atoms with Gasteiger partial charge in [-0.2, -0.15) is 13.2 Å². The van der Waals surface area contributed by atoms with Crippen molar-refractivity contribution in [2.45, 2.75) is 38.4 Å². The van der Waals surface area contributed by atoms with Gasteiger partial charge in [0.1, 0.15) is 0 Å². The molecule has 1 aliphatic rings. The number of urea groups is 1. The summed E-state index contributed by atoms with van der Waals surface area (Å²) in [5.41, 5.74) is 0. The van der Waals surface area contributed by atoms with Gasteiger partial charge in [0.05, 0.1) is 12.3 Å². The summed E-state index contributed by atoms with van der Waals surface area (Å²) in [5, 5.41) is 13.3. The fourth-order valence-electron chi connectivity index (χ4n) is 1.69. The summed E-state index contributed by atoms with van der Waals surface area (Å²) >= 11 is 0. The topological polar surface area (TPSA) is 78.4 Å². The molecule has 1 fully saturated rings. The monoisotopic (exact) mass is 282 g/mol. The van der Waals surface area contributed by atoms with Crippen LogP contribution in [0.25, 0.3) is 0 Å². The van der Waals surface area contributed by atoms with Crippen LogP contribution in [0.3, 0.4) is 0 Å². The van der Waals surface area contributed by atoms with E-state index in [0.29, 0.717) is 5.92 Å². The second-order valence-electron chi connectivity index (χ2n) is 4.84. The smallest absolute Gasteiger partial charge is 0.392 e. The van der Waals surface area contributed by atoms with Gasteiger partial charge in [0.2, 0.25) is 0 Å². The van der Waals surface area contributed by atoms with E-state index < -0.39 is 36.9 Å². The number of hydrogen-bond donors (Lipinski definition) is 3. The Morgan fingerprint density at radius 2 is 2.00 bits per heavy atom. The van der Waals surface area contributed by atoms with Crippen molar-refractivity contribution in [3.63, 3.8) is 0 Å². The Labute approximate surface area is 108 Å². The lowest BCUT2D eigenvalue weighted by Gasteiger charge is -2.18. The van der Waals surface area contributed by atoms with Crippen LogP contribution in [-0.4, -0.2) is 35.9 Å². The average molecular weight is 282 g/mol. The van der Waals surface area contributed by atoms with E-state index >= 15 is 0 Å². The molecule has 0 radical (unpaired) electrons. The molecule has 2 amide bonds. The lowest BCUT2D eigenvalue weighted by molar-refractivity contribution is -0.184. The standard InChI is InChI=1S/C11H17F3N2O3/c1-6-4-8(6)16-10(19)15-3-2-7(5-9(17)18)11(12,13)14/h6-8H,2-5H2,1H3,(H,17,18)(H2,15,16,19). The number of hydrogen-bond acceptors (Lipinski definition) is 2. The van der Waals surface area contributed by atoms with Gasteiger partial charge in [0.25, 0.3) is 0 Å². The zero-order valence-corrected chi connectivity index (χ0v) is 10.5. The van der Waals surface area contributed by atoms with Crippen LogP contribution in [0, 0.1) is 11.8 Å². The van der Waals surface area contributed by atoms with Crippen molar-refractivity contribution in [1.29, 1.82) is 0 Å². The lowest BCUT2D eigenvalue weighted by Crippen LogP contribution is -2.39. The summed E-state index contributed by atoms with van der Waals surface area (Å²) < 4.78 is 37.5. The zero-order chi connectivity index (χ0) is 14.6. The van der Waals surface area contributed by atoms with Crippen LogP contribution in [0.1, 0.15) is 26.2 Å². The average Bonchev–Trinajstić information content (AvgIpc) is 2.90. The Balaban J connectivity index is 2.27. The fraction of sp³-hybridized carbons (Fsp3) is 0.818. The highest BCUT2D eigenvalue weighted by atomic mass is 19.4. The molecule has 0 heterocycles. The van der Waals surface area contributed by atoms with Crippen molar-refractivity contribution in [3.8, 4) is 0 Å². The third kappa shape index (κ3) is 5.80. The highest BCUT2D eigenvalue weighted by Gasteiger charge is 2.40. The zero-order valence-electron chi connectivity index (χ0n) is 10.5. The molecule has 0 spiro atoms. The number of rotatable bonds is 6. The van der Waals surface area contributed by atoms with Gasteiger partial charge in [-0.25, -0.2) is 4.79 Å². The van der Waals surface area contributed by atoms with Gasteiger partial charge in [-0.1, -0.05) is 6.92 Å². The van der Waals surface area contributed by atoms with Gasteiger partial charge in [-0.05, 0) is 18.8 Å². The van der Waals surface area contributed by atoms with Gasteiger partial charge in [-0.15, -0.1) is 0 Å². The SMILES string of the molecule is CC1CC1NC(=O)NCCC(CC(=O)O)C(F)(F)F. The molecule has 3 N–H and O–H groups in total. The summed E-state index contributed by atoms with van der Waals surface area (Å²) in [5.74, 6) is -3.04. The minimum Gasteiger partial charge on any atom is -0.481 e. The summed E-state index contributed by atoms with van der Waals surface area (Å²) in [6.45, 7) is 1.75. The van der Waals surface area contributed by atoms with E-state index in [-0.39, 0.29) is 12.6 Å². The first-order chi connectivity index (χ1) is 8.70. The molecular weight excluding hydrogens is 265 g/mol. The molecule has 5 nitrogen and oxygen atoms in total. The van der Waals surface area contributed by atoms with Crippen molar-refractivity contribution in [1.82, 2.24) is 10.6 Å². The normalized spacial score (nSPS) is 23.6. The molecule has 0 aromatic carbocycles. The number of carboxylic acid groups (broad SMARTS) is 1. The first kappa shape index (κ1) is 15.6. The third-order valence-corrected chi connectivity index (χ3v) is 3.09. The minimum absolute atomic E-state index is 0.0948. The molecule has 0 bridgehead atoms. The van der Waals surface area contributed by atoms with Crippen molar-refractivity contribution in [2.24, 2.45) is 11.8 Å². The van der Waals surface area contributed by atoms with Gasteiger partial charge in [-0.3, -0.25) is 4.79 Å². The first-order valence-corrected chi connectivity index (χ1v) is 6.03. The third-order valence-electron chi connectivity index (χ3n) is 3.09. The maximum absolute atomic E-state index is 12.5. The van der Waals surface area contributed by atoms with Crippen LogP contribution < -0.4 is 10.6 Å². The Bertz CT molecular complexity index is 347. The van der Waals surface area contributed by atoms with Gasteiger partial charge in [0, 0.05) is 12.6 Å². The molecule has 1 rings (SSSR count). The van der Waals surface area contributed by atoms with Crippen LogP contribution in [0.15, 0.2) is 0 Å². The Hall–Kier alpha value is -1.47. The number of aliphatic carboxylic acids is 1. The molecular formula is C11H17F3N2O3.